The van der Waals surface area contributed by atoms with Crippen molar-refractivity contribution in [3.8, 4) is 0 Å². The van der Waals surface area contributed by atoms with Crippen LogP contribution in [0.25, 0.3) is 0 Å². The summed E-state index contributed by atoms with van der Waals surface area (Å²) in [4.78, 5) is 32.2. The van der Waals surface area contributed by atoms with Gasteiger partial charge in [-0.1, -0.05) is 30.3 Å². The van der Waals surface area contributed by atoms with E-state index in [1.807, 2.05) is 37.3 Å². The highest BCUT2D eigenvalue weighted by Crippen LogP contribution is 2.19. The molecule has 28 heavy (non-hydrogen) atoms. The van der Waals surface area contributed by atoms with Gasteiger partial charge in [-0.15, -0.1) is 24.0 Å². The number of nitrogens with zero attached hydrogens (tertiary/aromatic N) is 3. The zero-order valence-electron chi connectivity index (χ0n) is 16.9. The van der Waals surface area contributed by atoms with Crippen molar-refractivity contribution in [2.75, 3.05) is 40.3 Å². The minimum atomic E-state index is -0.115. The van der Waals surface area contributed by atoms with Gasteiger partial charge in [0.05, 0.1) is 25.6 Å². The predicted molar refractivity (Wildman–Crippen MR) is 121 cm³/mol. The number of piperidine rings is 1. The molecule has 2 rings (SSSR count). The van der Waals surface area contributed by atoms with E-state index >= 15 is 0 Å². The molecule has 7 nitrogen and oxygen atoms in total. The Morgan fingerprint density at radius 2 is 1.86 bits per heavy atom. The number of esters is 1. The van der Waals surface area contributed by atoms with Crippen LogP contribution in [0.1, 0.15) is 25.3 Å². The Hall–Kier alpha value is -1.84. The standard InChI is InChI=1S/C20H30N4O3.HI/c1-4-27-19(26)17-10-12-24(13-11-17)20(22-15-18(25)23(2)3)21-14-16-8-6-5-7-9-16;/h5-9,17H,4,10-15H2,1-3H3,(H,21,22);1H. The molecule has 8 heteroatoms. The van der Waals surface area contributed by atoms with Crippen molar-refractivity contribution < 1.29 is 14.3 Å². The van der Waals surface area contributed by atoms with E-state index in [1.165, 1.54) is 0 Å². The van der Waals surface area contributed by atoms with E-state index < -0.39 is 0 Å². The number of ether oxygens (including phenoxy) is 1. The van der Waals surface area contributed by atoms with Gasteiger partial charge in [-0.2, -0.15) is 0 Å². The predicted octanol–water partition coefficient (Wildman–Crippen LogP) is 2.11. The number of amides is 1. The summed E-state index contributed by atoms with van der Waals surface area (Å²) in [6, 6.07) is 10.00. The molecule has 0 atom stereocenters. The van der Waals surface area contributed by atoms with Crippen molar-refractivity contribution in [3.63, 3.8) is 0 Å². The maximum absolute atomic E-state index is 11.9. The summed E-state index contributed by atoms with van der Waals surface area (Å²) in [5, 5.41) is 3.18. The molecule has 0 radical (unpaired) electrons. The van der Waals surface area contributed by atoms with E-state index in [2.05, 4.69) is 10.2 Å². The second kappa shape index (κ2) is 12.6. The Balaban J connectivity index is 0.00000392. The van der Waals surface area contributed by atoms with Gasteiger partial charge < -0.3 is 19.9 Å². The number of hydrogen-bond acceptors (Lipinski definition) is 4. The van der Waals surface area contributed by atoms with E-state index in [-0.39, 0.29) is 48.3 Å². The number of hydrogen-bond donors (Lipinski definition) is 1. The van der Waals surface area contributed by atoms with Crippen LogP contribution in [-0.4, -0.2) is 68.0 Å². The van der Waals surface area contributed by atoms with E-state index in [4.69, 9.17) is 9.73 Å². The Morgan fingerprint density at radius 1 is 1.21 bits per heavy atom. The number of nitrogens with one attached hydrogen (secondary N) is 1. The summed E-state index contributed by atoms with van der Waals surface area (Å²) >= 11 is 0. The maximum atomic E-state index is 11.9. The fourth-order valence-electron chi connectivity index (χ4n) is 2.92. The molecule has 0 aromatic heterocycles. The molecule has 0 aliphatic carbocycles. The van der Waals surface area contributed by atoms with Crippen molar-refractivity contribution in [1.82, 2.24) is 15.1 Å². The highest BCUT2D eigenvalue weighted by atomic mass is 127. The molecule has 1 amide bonds. The second-order valence-electron chi connectivity index (χ2n) is 6.78. The van der Waals surface area contributed by atoms with Crippen LogP contribution in [0.2, 0.25) is 0 Å². The number of guanidine groups is 1. The van der Waals surface area contributed by atoms with Crippen LogP contribution in [0.4, 0.5) is 0 Å². The lowest BCUT2D eigenvalue weighted by atomic mass is 9.97. The molecule has 0 saturated carbocycles. The normalized spacial score (nSPS) is 14.8. The Morgan fingerprint density at radius 3 is 2.43 bits per heavy atom. The molecule has 1 aromatic carbocycles. The third-order valence-corrected chi connectivity index (χ3v) is 4.57. The number of benzene rings is 1. The average Bonchev–Trinajstić information content (AvgIpc) is 2.69. The lowest BCUT2D eigenvalue weighted by Gasteiger charge is -2.33. The van der Waals surface area contributed by atoms with Gasteiger partial charge in [0.15, 0.2) is 5.96 Å². The number of carbonyl (C=O) groups is 2. The minimum Gasteiger partial charge on any atom is -0.466 e. The molecule has 1 aliphatic rings. The first-order chi connectivity index (χ1) is 13.0. The van der Waals surface area contributed by atoms with Crippen LogP contribution in [-0.2, 0) is 20.9 Å². The number of likely N-dealkylation sites (tertiary alicyclic amines) is 1. The fraction of sp³-hybridized carbons (Fsp3) is 0.550. The van der Waals surface area contributed by atoms with Gasteiger partial charge in [-0.3, -0.25) is 9.59 Å². The quantitative estimate of drug-likeness (QED) is 0.279. The molecule has 1 fully saturated rings. The van der Waals surface area contributed by atoms with Crippen LogP contribution in [0.15, 0.2) is 35.3 Å². The van der Waals surface area contributed by atoms with Crippen molar-refractivity contribution in [3.05, 3.63) is 35.9 Å². The Labute approximate surface area is 184 Å². The van der Waals surface area contributed by atoms with E-state index in [1.54, 1.807) is 19.0 Å². The van der Waals surface area contributed by atoms with E-state index in [0.29, 0.717) is 32.2 Å². The summed E-state index contributed by atoms with van der Waals surface area (Å²) < 4.78 is 5.13. The molecular weight excluding hydrogens is 471 g/mol. The van der Waals surface area contributed by atoms with E-state index in [0.717, 1.165) is 18.4 Å². The van der Waals surface area contributed by atoms with Crippen molar-refractivity contribution >= 4 is 41.8 Å². The number of aliphatic imine (C=N–C) groups is 1. The maximum Gasteiger partial charge on any atom is 0.309 e. The smallest absolute Gasteiger partial charge is 0.309 e. The van der Waals surface area contributed by atoms with Gasteiger partial charge in [0, 0.05) is 27.2 Å². The SMILES string of the molecule is CCOC(=O)C1CCN(C(=NCc2ccccc2)NCC(=O)N(C)C)CC1.I. The second-order valence-corrected chi connectivity index (χ2v) is 6.78. The summed E-state index contributed by atoms with van der Waals surface area (Å²) in [6.45, 7) is 4.39. The molecule has 1 aromatic rings. The first kappa shape index (κ1) is 24.2. The van der Waals surface area contributed by atoms with Gasteiger partial charge in [0.25, 0.3) is 0 Å². The lowest BCUT2D eigenvalue weighted by molar-refractivity contribution is -0.149. The monoisotopic (exact) mass is 502 g/mol. The van der Waals surface area contributed by atoms with Crippen LogP contribution < -0.4 is 5.32 Å². The van der Waals surface area contributed by atoms with Crippen LogP contribution in [0.5, 0.6) is 0 Å². The number of carbonyl (C=O) groups excluding carboxylic acids is 2. The summed E-state index contributed by atoms with van der Waals surface area (Å²) in [6.07, 6.45) is 1.46. The average molecular weight is 502 g/mol. The van der Waals surface area contributed by atoms with Crippen molar-refractivity contribution in [1.29, 1.82) is 0 Å². The molecule has 1 aliphatic heterocycles. The van der Waals surface area contributed by atoms with Gasteiger partial charge in [0.1, 0.15) is 0 Å². The number of halogens is 1. The first-order valence-corrected chi connectivity index (χ1v) is 9.45. The first-order valence-electron chi connectivity index (χ1n) is 9.45. The number of rotatable bonds is 6. The molecule has 0 bridgehead atoms. The third-order valence-electron chi connectivity index (χ3n) is 4.57. The van der Waals surface area contributed by atoms with Crippen LogP contribution >= 0.6 is 24.0 Å². The summed E-state index contributed by atoms with van der Waals surface area (Å²) in [7, 11) is 3.46. The number of likely N-dealkylation sites (N-methyl/N-ethyl adjacent to an activating group) is 1. The third kappa shape index (κ3) is 7.65. The fourth-order valence-corrected chi connectivity index (χ4v) is 2.92. The molecular formula is C20H31IN4O3. The molecule has 1 heterocycles. The largest absolute Gasteiger partial charge is 0.466 e. The Bertz CT molecular complexity index is 644. The molecule has 1 N–H and O–H groups in total. The van der Waals surface area contributed by atoms with Gasteiger partial charge in [-0.25, -0.2) is 4.99 Å². The summed E-state index contributed by atoms with van der Waals surface area (Å²) in [5.74, 6) is 0.524. The molecule has 156 valence electrons. The van der Waals surface area contributed by atoms with E-state index in [9.17, 15) is 9.59 Å². The van der Waals surface area contributed by atoms with Gasteiger partial charge in [0.2, 0.25) is 5.91 Å². The van der Waals surface area contributed by atoms with Crippen LogP contribution in [0.3, 0.4) is 0 Å². The lowest BCUT2D eigenvalue weighted by Crippen LogP contribution is -2.49. The topological polar surface area (TPSA) is 74.2 Å². The van der Waals surface area contributed by atoms with Crippen LogP contribution in [0, 0.1) is 5.92 Å². The van der Waals surface area contributed by atoms with Gasteiger partial charge in [-0.05, 0) is 25.3 Å². The summed E-state index contributed by atoms with van der Waals surface area (Å²) in [5.41, 5.74) is 1.11. The minimum absolute atomic E-state index is 0. The zero-order valence-corrected chi connectivity index (χ0v) is 19.2. The zero-order chi connectivity index (χ0) is 19.6. The highest BCUT2D eigenvalue weighted by molar-refractivity contribution is 14.0. The Kier molecular flexibility index (Phi) is 10.9. The van der Waals surface area contributed by atoms with Crippen molar-refractivity contribution in [2.24, 2.45) is 10.9 Å². The highest BCUT2D eigenvalue weighted by Gasteiger charge is 2.27. The molecule has 1 saturated heterocycles. The van der Waals surface area contributed by atoms with Crippen molar-refractivity contribution in [2.45, 2.75) is 26.3 Å². The molecule has 0 unspecified atom stereocenters. The van der Waals surface area contributed by atoms with Gasteiger partial charge >= 0.3 is 5.97 Å². The molecule has 0 spiro atoms.